The first-order valence-electron chi connectivity index (χ1n) is 4.38. The number of hydrogen-bond donors (Lipinski definition) is 1. The Balaban J connectivity index is 2.94. The minimum absolute atomic E-state index is 0.0475. The van der Waals surface area contributed by atoms with Crippen LogP contribution >= 0.6 is 15.9 Å². The molecule has 0 radical (unpaired) electrons. The molecule has 1 N–H and O–H groups in total. The molecule has 0 bridgehead atoms. The van der Waals surface area contributed by atoms with Crippen LogP contribution in [0.5, 0.6) is 5.75 Å². The summed E-state index contributed by atoms with van der Waals surface area (Å²) in [5, 5.41) is 10.4. The van der Waals surface area contributed by atoms with Gasteiger partial charge in [-0.25, -0.2) is 0 Å². The normalized spacial score (nSPS) is 10.5. The fourth-order valence-electron chi connectivity index (χ4n) is 1.49. The lowest BCUT2D eigenvalue weighted by molar-refractivity contribution is 0.101. The van der Waals surface area contributed by atoms with Crippen molar-refractivity contribution in [1.29, 1.82) is 0 Å². The number of aromatic nitrogens is 1. The summed E-state index contributed by atoms with van der Waals surface area (Å²) in [5.41, 5.74) is 1.000. The second-order valence-electron chi connectivity index (χ2n) is 3.21. The highest BCUT2D eigenvalue weighted by Gasteiger charge is 2.12. The molecule has 0 spiro atoms. The van der Waals surface area contributed by atoms with Crippen molar-refractivity contribution in [3.05, 3.63) is 34.4 Å². The van der Waals surface area contributed by atoms with Gasteiger partial charge in [0, 0.05) is 17.1 Å². The Morgan fingerprint density at radius 1 is 1.53 bits per heavy atom. The summed E-state index contributed by atoms with van der Waals surface area (Å²) in [5.74, 6) is 0.0179. The lowest BCUT2D eigenvalue weighted by Gasteiger charge is -2.06. The summed E-state index contributed by atoms with van der Waals surface area (Å²) in [6, 6.07) is 5.12. The molecule has 1 heterocycles. The molecule has 0 saturated carbocycles. The van der Waals surface area contributed by atoms with Gasteiger partial charge in [-0.2, -0.15) is 0 Å². The van der Waals surface area contributed by atoms with Gasteiger partial charge in [0.25, 0.3) is 0 Å². The maximum absolute atomic E-state index is 11.4. The molecule has 76 valence electrons. The number of halogens is 1. The Bertz CT molecular complexity index is 552. The third-order valence-electron chi connectivity index (χ3n) is 2.20. The summed E-state index contributed by atoms with van der Waals surface area (Å²) < 4.78 is 0.485. The number of aromatic hydroxyl groups is 1. The molecule has 0 fully saturated rings. The minimum atomic E-state index is -0.0475. The first kappa shape index (κ1) is 10.1. The molecule has 2 rings (SSSR count). The number of fused-ring (bicyclic) bond motifs is 1. The van der Waals surface area contributed by atoms with E-state index in [-0.39, 0.29) is 11.5 Å². The van der Waals surface area contributed by atoms with E-state index in [1.807, 2.05) is 0 Å². The summed E-state index contributed by atoms with van der Waals surface area (Å²) in [6.45, 7) is 1.49. The zero-order valence-corrected chi connectivity index (χ0v) is 9.58. The van der Waals surface area contributed by atoms with Crippen molar-refractivity contribution in [3.63, 3.8) is 0 Å². The zero-order valence-electron chi connectivity index (χ0n) is 7.99. The van der Waals surface area contributed by atoms with Crippen LogP contribution in [0.4, 0.5) is 0 Å². The van der Waals surface area contributed by atoms with Gasteiger partial charge in [0.15, 0.2) is 11.5 Å². The van der Waals surface area contributed by atoms with Gasteiger partial charge >= 0.3 is 0 Å². The number of phenols is 1. The molecule has 0 aliphatic carbocycles. The molecule has 2 aromatic rings. The van der Waals surface area contributed by atoms with E-state index in [2.05, 4.69) is 20.9 Å². The highest BCUT2D eigenvalue weighted by atomic mass is 79.9. The van der Waals surface area contributed by atoms with E-state index < -0.39 is 0 Å². The summed E-state index contributed by atoms with van der Waals surface area (Å²) >= 11 is 3.19. The minimum Gasteiger partial charge on any atom is -0.505 e. The SMILES string of the molecule is CC(=O)c1cc(Br)c(O)c2ncccc12. The summed E-state index contributed by atoms with van der Waals surface area (Å²) in [6.07, 6.45) is 1.58. The molecular formula is C11H8BrNO2. The second-order valence-corrected chi connectivity index (χ2v) is 4.06. The number of hydrogen-bond acceptors (Lipinski definition) is 3. The number of phenolic OH excluding ortho intramolecular Hbond substituents is 1. The van der Waals surface area contributed by atoms with Gasteiger partial charge in [-0.15, -0.1) is 0 Å². The average molecular weight is 266 g/mol. The lowest BCUT2D eigenvalue weighted by atomic mass is 10.1. The fraction of sp³-hybridized carbons (Fsp3) is 0.0909. The van der Waals surface area contributed by atoms with Crippen molar-refractivity contribution < 1.29 is 9.90 Å². The second kappa shape index (κ2) is 3.62. The van der Waals surface area contributed by atoms with Gasteiger partial charge in [0.1, 0.15) is 5.52 Å². The molecule has 1 aromatic carbocycles. The maximum atomic E-state index is 11.4. The van der Waals surface area contributed by atoms with Gasteiger partial charge in [0.2, 0.25) is 0 Å². The largest absolute Gasteiger partial charge is 0.505 e. The summed E-state index contributed by atoms with van der Waals surface area (Å²) in [4.78, 5) is 15.4. The number of carbonyl (C=O) groups excluding carboxylic acids is 1. The predicted octanol–water partition coefficient (Wildman–Crippen LogP) is 2.91. The molecule has 15 heavy (non-hydrogen) atoms. The molecule has 0 saturated heterocycles. The van der Waals surface area contributed by atoms with Crippen LogP contribution in [0.3, 0.4) is 0 Å². The third kappa shape index (κ3) is 1.61. The number of benzene rings is 1. The van der Waals surface area contributed by atoms with Crippen LogP contribution < -0.4 is 0 Å². The molecular weight excluding hydrogens is 258 g/mol. The van der Waals surface area contributed by atoms with E-state index in [9.17, 15) is 9.90 Å². The average Bonchev–Trinajstić information content (AvgIpc) is 2.23. The van der Waals surface area contributed by atoms with Crippen LogP contribution in [0.2, 0.25) is 0 Å². The number of nitrogens with zero attached hydrogens (tertiary/aromatic N) is 1. The third-order valence-corrected chi connectivity index (χ3v) is 2.80. The van der Waals surface area contributed by atoms with Crippen molar-refractivity contribution in [2.45, 2.75) is 6.92 Å². The van der Waals surface area contributed by atoms with Gasteiger partial charge in [-0.1, -0.05) is 6.07 Å². The van der Waals surface area contributed by atoms with Crippen molar-refractivity contribution >= 4 is 32.6 Å². The van der Waals surface area contributed by atoms with E-state index in [4.69, 9.17) is 0 Å². The van der Waals surface area contributed by atoms with Crippen LogP contribution in [0, 0.1) is 0 Å². The Hall–Kier alpha value is -1.42. The van der Waals surface area contributed by atoms with E-state index >= 15 is 0 Å². The monoisotopic (exact) mass is 265 g/mol. The van der Waals surface area contributed by atoms with E-state index in [0.717, 1.165) is 0 Å². The molecule has 0 unspecified atom stereocenters. The predicted molar refractivity (Wildman–Crippen MR) is 61.1 cm³/mol. The highest BCUT2D eigenvalue weighted by Crippen LogP contribution is 2.33. The highest BCUT2D eigenvalue weighted by molar-refractivity contribution is 9.10. The van der Waals surface area contributed by atoms with Crippen LogP contribution in [0.25, 0.3) is 10.9 Å². The van der Waals surface area contributed by atoms with E-state index in [0.29, 0.717) is 20.9 Å². The Kier molecular flexibility index (Phi) is 2.44. The van der Waals surface area contributed by atoms with Crippen molar-refractivity contribution in [2.75, 3.05) is 0 Å². The first-order chi connectivity index (χ1) is 7.11. The van der Waals surface area contributed by atoms with Gasteiger partial charge in [-0.3, -0.25) is 9.78 Å². The van der Waals surface area contributed by atoms with Crippen LogP contribution in [-0.4, -0.2) is 15.9 Å². The maximum Gasteiger partial charge on any atom is 0.160 e. The number of pyridine rings is 1. The zero-order chi connectivity index (χ0) is 11.0. The standard InChI is InChI=1S/C11H8BrNO2/c1-6(14)8-5-9(12)11(15)10-7(8)3-2-4-13-10/h2-5,15H,1H3. The number of ketones is 1. The quantitative estimate of drug-likeness (QED) is 0.807. The molecule has 1 aromatic heterocycles. The fourth-order valence-corrected chi connectivity index (χ4v) is 1.91. The molecule has 0 amide bonds. The van der Waals surface area contributed by atoms with Crippen LogP contribution in [0.1, 0.15) is 17.3 Å². The van der Waals surface area contributed by atoms with Crippen molar-refractivity contribution in [3.8, 4) is 5.75 Å². The summed E-state index contributed by atoms with van der Waals surface area (Å²) in [7, 11) is 0. The Labute approximate surface area is 94.9 Å². The Morgan fingerprint density at radius 2 is 2.27 bits per heavy atom. The van der Waals surface area contributed by atoms with E-state index in [1.165, 1.54) is 6.92 Å². The van der Waals surface area contributed by atoms with Crippen molar-refractivity contribution in [2.24, 2.45) is 0 Å². The van der Waals surface area contributed by atoms with Crippen LogP contribution in [-0.2, 0) is 0 Å². The van der Waals surface area contributed by atoms with E-state index in [1.54, 1.807) is 24.4 Å². The molecule has 0 atom stereocenters. The number of rotatable bonds is 1. The molecule has 4 heteroatoms. The van der Waals surface area contributed by atoms with Crippen LogP contribution in [0.15, 0.2) is 28.9 Å². The molecule has 0 aliphatic heterocycles. The van der Waals surface area contributed by atoms with Gasteiger partial charge < -0.3 is 5.11 Å². The lowest BCUT2D eigenvalue weighted by Crippen LogP contribution is -1.95. The molecule has 0 aliphatic rings. The Morgan fingerprint density at radius 3 is 2.93 bits per heavy atom. The first-order valence-corrected chi connectivity index (χ1v) is 5.17. The topological polar surface area (TPSA) is 50.2 Å². The smallest absolute Gasteiger partial charge is 0.160 e. The van der Waals surface area contributed by atoms with Crippen molar-refractivity contribution in [1.82, 2.24) is 4.98 Å². The number of carbonyl (C=O) groups is 1. The number of Topliss-reactive ketones (excluding diaryl/α,β-unsaturated/α-hetero) is 1. The van der Waals surface area contributed by atoms with Gasteiger partial charge in [0.05, 0.1) is 4.47 Å². The molecule has 3 nitrogen and oxygen atoms in total. The van der Waals surface area contributed by atoms with Gasteiger partial charge in [-0.05, 0) is 35.0 Å².